The van der Waals surface area contributed by atoms with Crippen molar-refractivity contribution in [3.05, 3.63) is 34.9 Å². The number of benzene rings is 1. The Hall–Kier alpha value is -1.92. The smallest absolute Gasteiger partial charge is 0.407 e. The van der Waals surface area contributed by atoms with E-state index in [9.17, 15) is 19.8 Å². The van der Waals surface area contributed by atoms with E-state index in [1.54, 1.807) is 45.9 Å². The Labute approximate surface area is 136 Å². The molecule has 0 radical (unpaired) electrons. The Bertz CT molecular complexity index is 550. The zero-order valence-electron chi connectivity index (χ0n) is 14.0. The molecule has 1 amide bonds. The van der Waals surface area contributed by atoms with Gasteiger partial charge >= 0.3 is 6.09 Å². The van der Waals surface area contributed by atoms with Crippen LogP contribution in [0.2, 0.25) is 0 Å². The Kier molecular flexibility index (Phi) is 6.72. The van der Waals surface area contributed by atoms with E-state index in [0.717, 1.165) is 5.56 Å². The monoisotopic (exact) mass is 323 g/mol. The van der Waals surface area contributed by atoms with Gasteiger partial charge in [-0.2, -0.15) is 0 Å². The highest BCUT2D eigenvalue weighted by molar-refractivity contribution is 5.75. The van der Waals surface area contributed by atoms with Crippen molar-refractivity contribution < 1.29 is 24.5 Å². The van der Waals surface area contributed by atoms with Crippen molar-refractivity contribution in [2.45, 2.75) is 51.9 Å². The number of alkyl carbamates (subject to hydrolysis) is 1. The predicted molar refractivity (Wildman–Crippen MR) is 86.4 cm³/mol. The average Bonchev–Trinajstić information content (AvgIpc) is 2.45. The minimum Gasteiger partial charge on any atom is -0.444 e. The second kappa shape index (κ2) is 8.08. The van der Waals surface area contributed by atoms with Gasteiger partial charge in [-0.15, -0.1) is 0 Å². The Morgan fingerprint density at radius 1 is 1.35 bits per heavy atom. The first kappa shape index (κ1) is 19.1. The number of carbonyl (C=O) groups is 2. The minimum absolute atomic E-state index is 0.158. The molecule has 0 fully saturated rings. The number of carbonyl (C=O) groups excluding carboxylic acids is 2. The lowest BCUT2D eigenvalue weighted by atomic mass is 9.96. The van der Waals surface area contributed by atoms with Crippen molar-refractivity contribution in [2.24, 2.45) is 0 Å². The number of rotatable bonds is 6. The van der Waals surface area contributed by atoms with Crippen LogP contribution in [-0.2, 0) is 4.74 Å². The van der Waals surface area contributed by atoms with Gasteiger partial charge in [0.05, 0.1) is 6.10 Å². The number of aldehydes is 1. The summed E-state index contributed by atoms with van der Waals surface area (Å²) < 4.78 is 5.08. The first-order valence-corrected chi connectivity index (χ1v) is 7.52. The van der Waals surface area contributed by atoms with Gasteiger partial charge in [0, 0.05) is 12.1 Å². The summed E-state index contributed by atoms with van der Waals surface area (Å²) in [5.41, 5.74) is 1.12. The fourth-order valence-electron chi connectivity index (χ4n) is 2.05. The molecule has 1 aromatic rings. The minimum atomic E-state index is -1.13. The summed E-state index contributed by atoms with van der Waals surface area (Å²) in [6.07, 6.45) is -1.92. The quantitative estimate of drug-likeness (QED) is 0.697. The summed E-state index contributed by atoms with van der Waals surface area (Å²) in [5, 5.41) is 22.8. The van der Waals surface area contributed by atoms with Gasteiger partial charge in [0.1, 0.15) is 18.0 Å². The lowest BCUT2D eigenvalue weighted by Gasteiger charge is -2.22. The molecular weight excluding hydrogens is 298 g/mol. The average molecular weight is 323 g/mol. The number of ether oxygens (including phenoxy) is 1. The molecule has 0 aliphatic carbocycles. The van der Waals surface area contributed by atoms with Crippen LogP contribution in [0, 0.1) is 6.92 Å². The van der Waals surface area contributed by atoms with E-state index in [-0.39, 0.29) is 13.0 Å². The first-order chi connectivity index (χ1) is 10.6. The van der Waals surface area contributed by atoms with E-state index in [1.165, 1.54) is 0 Å². The molecule has 2 unspecified atom stereocenters. The highest BCUT2D eigenvalue weighted by Gasteiger charge is 2.21. The fourth-order valence-corrected chi connectivity index (χ4v) is 2.05. The van der Waals surface area contributed by atoms with Crippen LogP contribution in [0.1, 0.15) is 54.8 Å². The SMILES string of the molecule is Cc1ccc(C=O)cc1C(O)C(O)CCNC(=O)OC(C)(C)C. The Balaban J connectivity index is 2.56. The number of amides is 1. The highest BCUT2D eigenvalue weighted by Crippen LogP contribution is 2.23. The van der Waals surface area contributed by atoms with Crippen molar-refractivity contribution in [1.29, 1.82) is 0 Å². The first-order valence-electron chi connectivity index (χ1n) is 7.52. The molecule has 0 bridgehead atoms. The standard InChI is InChI=1S/C17H25NO5/c1-11-5-6-12(10-19)9-13(11)15(21)14(20)7-8-18-16(22)23-17(2,3)4/h5-6,9-10,14-15,20-21H,7-8H2,1-4H3,(H,18,22). The van der Waals surface area contributed by atoms with E-state index in [0.29, 0.717) is 17.4 Å². The number of hydrogen-bond acceptors (Lipinski definition) is 5. The summed E-state index contributed by atoms with van der Waals surface area (Å²) in [4.78, 5) is 22.3. The molecule has 0 saturated carbocycles. The molecule has 6 nitrogen and oxygen atoms in total. The molecule has 0 aromatic heterocycles. The van der Waals surface area contributed by atoms with E-state index >= 15 is 0 Å². The summed E-state index contributed by atoms with van der Waals surface area (Å²) in [7, 11) is 0. The van der Waals surface area contributed by atoms with Gasteiger partial charge < -0.3 is 20.3 Å². The summed E-state index contributed by atoms with van der Waals surface area (Å²) in [6.45, 7) is 7.23. The normalized spacial score (nSPS) is 14.0. The van der Waals surface area contributed by atoms with Gasteiger partial charge in [-0.05, 0) is 51.3 Å². The molecule has 0 heterocycles. The Morgan fingerprint density at radius 2 is 2.00 bits per heavy atom. The molecule has 0 aliphatic rings. The van der Waals surface area contributed by atoms with Gasteiger partial charge in [-0.1, -0.05) is 12.1 Å². The molecule has 1 aromatic carbocycles. The lowest BCUT2D eigenvalue weighted by molar-refractivity contribution is 0.0119. The van der Waals surface area contributed by atoms with Crippen LogP contribution in [0.5, 0.6) is 0 Å². The van der Waals surface area contributed by atoms with E-state index < -0.39 is 23.9 Å². The molecule has 0 saturated heterocycles. The molecular formula is C17H25NO5. The number of aliphatic hydroxyl groups excluding tert-OH is 2. The van der Waals surface area contributed by atoms with Crippen molar-refractivity contribution in [3.8, 4) is 0 Å². The highest BCUT2D eigenvalue weighted by atomic mass is 16.6. The van der Waals surface area contributed by atoms with E-state index in [1.807, 2.05) is 0 Å². The van der Waals surface area contributed by atoms with Gasteiger partial charge in [0.2, 0.25) is 0 Å². The van der Waals surface area contributed by atoms with Crippen molar-refractivity contribution in [3.63, 3.8) is 0 Å². The third-order valence-corrected chi connectivity index (χ3v) is 3.23. The zero-order chi connectivity index (χ0) is 17.6. The third kappa shape index (κ3) is 6.38. The number of nitrogens with one attached hydrogen (secondary N) is 1. The van der Waals surface area contributed by atoms with Gasteiger partial charge in [0.15, 0.2) is 0 Å². The van der Waals surface area contributed by atoms with Crippen LogP contribution in [0.4, 0.5) is 4.79 Å². The molecule has 128 valence electrons. The second-order valence-electron chi connectivity index (χ2n) is 6.46. The van der Waals surface area contributed by atoms with Crippen molar-refractivity contribution in [1.82, 2.24) is 5.32 Å². The zero-order valence-corrected chi connectivity index (χ0v) is 14.0. The maximum Gasteiger partial charge on any atom is 0.407 e. The second-order valence-corrected chi connectivity index (χ2v) is 6.46. The topological polar surface area (TPSA) is 95.9 Å². The van der Waals surface area contributed by atoms with Crippen molar-refractivity contribution >= 4 is 12.4 Å². The van der Waals surface area contributed by atoms with Crippen LogP contribution in [0.15, 0.2) is 18.2 Å². The number of hydrogen-bond donors (Lipinski definition) is 3. The summed E-state index contributed by atoms with van der Waals surface area (Å²) in [5.74, 6) is 0. The van der Waals surface area contributed by atoms with Gasteiger partial charge in [-0.3, -0.25) is 4.79 Å². The molecule has 6 heteroatoms. The van der Waals surface area contributed by atoms with Crippen LogP contribution in [0.3, 0.4) is 0 Å². The summed E-state index contributed by atoms with van der Waals surface area (Å²) in [6, 6.07) is 4.92. The van der Waals surface area contributed by atoms with Crippen LogP contribution in [-0.4, -0.2) is 40.8 Å². The molecule has 0 spiro atoms. The molecule has 0 aliphatic heterocycles. The van der Waals surface area contributed by atoms with Gasteiger partial charge in [-0.25, -0.2) is 4.79 Å². The van der Waals surface area contributed by atoms with Gasteiger partial charge in [0.25, 0.3) is 0 Å². The van der Waals surface area contributed by atoms with Crippen LogP contribution in [0.25, 0.3) is 0 Å². The molecule has 3 N–H and O–H groups in total. The number of aliphatic hydroxyl groups is 2. The maximum atomic E-state index is 11.5. The fraction of sp³-hybridized carbons (Fsp3) is 0.529. The maximum absolute atomic E-state index is 11.5. The Morgan fingerprint density at radius 3 is 2.57 bits per heavy atom. The van der Waals surface area contributed by atoms with E-state index in [2.05, 4.69) is 5.32 Å². The molecule has 2 atom stereocenters. The number of aryl methyl sites for hydroxylation is 1. The molecule has 1 rings (SSSR count). The molecule has 23 heavy (non-hydrogen) atoms. The lowest BCUT2D eigenvalue weighted by Crippen LogP contribution is -2.34. The summed E-state index contributed by atoms with van der Waals surface area (Å²) >= 11 is 0. The van der Waals surface area contributed by atoms with Crippen LogP contribution < -0.4 is 5.32 Å². The van der Waals surface area contributed by atoms with Crippen molar-refractivity contribution in [2.75, 3.05) is 6.54 Å². The third-order valence-electron chi connectivity index (χ3n) is 3.23. The predicted octanol–water partition coefficient (Wildman–Crippen LogP) is 2.12. The van der Waals surface area contributed by atoms with E-state index in [4.69, 9.17) is 4.74 Å². The largest absolute Gasteiger partial charge is 0.444 e. The van der Waals surface area contributed by atoms with Crippen LogP contribution >= 0.6 is 0 Å².